The summed E-state index contributed by atoms with van der Waals surface area (Å²) in [6, 6.07) is 15.7. The molecule has 1 aromatic heterocycles. The van der Waals surface area contributed by atoms with E-state index in [-0.39, 0.29) is 5.91 Å². The molecule has 0 radical (unpaired) electrons. The molecule has 0 bridgehead atoms. The van der Waals surface area contributed by atoms with Gasteiger partial charge in [-0.15, -0.1) is 0 Å². The number of ether oxygens (including phenoxy) is 2. The van der Waals surface area contributed by atoms with Gasteiger partial charge in [0.15, 0.2) is 11.5 Å². The predicted molar refractivity (Wildman–Crippen MR) is 125 cm³/mol. The minimum Gasteiger partial charge on any atom is -0.493 e. The highest BCUT2D eigenvalue weighted by molar-refractivity contribution is 6.00. The molecule has 1 unspecified atom stereocenters. The number of methoxy groups -OCH3 is 2. The molecule has 7 heteroatoms. The molecule has 2 heterocycles. The summed E-state index contributed by atoms with van der Waals surface area (Å²) in [5, 5.41) is 7.90. The lowest BCUT2D eigenvalue weighted by molar-refractivity contribution is 0.0942. The summed E-state index contributed by atoms with van der Waals surface area (Å²) in [5.41, 5.74) is 2.81. The van der Waals surface area contributed by atoms with Gasteiger partial charge >= 0.3 is 0 Å². The fourth-order valence-corrected chi connectivity index (χ4v) is 4.30. The monoisotopic (exact) mass is 434 g/mol. The molecule has 2 aromatic carbocycles. The molecule has 0 aliphatic carbocycles. The number of carbonyl (C=O) groups excluding carboxylic acids is 1. The smallest absolute Gasteiger partial charge is 0.255 e. The first-order valence-corrected chi connectivity index (χ1v) is 11.0. The quantitative estimate of drug-likeness (QED) is 0.585. The maximum Gasteiger partial charge on any atom is 0.255 e. The van der Waals surface area contributed by atoms with Crippen molar-refractivity contribution in [2.24, 2.45) is 0 Å². The number of likely N-dealkylation sites (tertiary alicyclic amines) is 1. The third-order valence-corrected chi connectivity index (χ3v) is 6.04. The van der Waals surface area contributed by atoms with Crippen molar-refractivity contribution in [3.05, 3.63) is 60.3 Å². The van der Waals surface area contributed by atoms with Gasteiger partial charge in [0.25, 0.3) is 5.91 Å². The summed E-state index contributed by atoms with van der Waals surface area (Å²) in [7, 11) is 3.20. The van der Waals surface area contributed by atoms with Gasteiger partial charge in [0.1, 0.15) is 5.69 Å². The molecule has 1 fully saturated rings. The number of amides is 1. The topological polar surface area (TPSA) is 68.6 Å². The van der Waals surface area contributed by atoms with E-state index >= 15 is 0 Å². The zero-order valence-electron chi connectivity index (χ0n) is 18.9. The van der Waals surface area contributed by atoms with Crippen molar-refractivity contribution in [2.45, 2.75) is 25.8 Å². The molecule has 7 nitrogen and oxygen atoms in total. The molecule has 1 saturated heterocycles. The van der Waals surface area contributed by atoms with Gasteiger partial charge in [-0.05, 0) is 56.3 Å². The lowest BCUT2D eigenvalue weighted by atomic mass is 10.1. The van der Waals surface area contributed by atoms with Crippen LogP contribution < -0.4 is 14.8 Å². The molecule has 1 amide bonds. The Hall–Kier alpha value is -3.32. The van der Waals surface area contributed by atoms with Crippen LogP contribution in [0, 0.1) is 0 Å². The van der Waals surface area contributed by atoms with Crippen molar-refractivity contribution in [2.75, 3.05) is 33.9 Å². The van der Waals surface area contributed by atoms with E-state index in [2.05, 4.69) is 17.1 Å². The van der Waals surface area contributed by atoms with E-state index in [9.17, 15) is 4.79 Å². The van der Waals surface area contributed by atoms with E-state index in [1.54, 1.807) is 25.1 Å². The summed E-state index contributed by atoms with van der Waals surface area (Å²) in [6.45, 7) is 4.90. The van der Waals surface area contributed by atoms with Crippen LogP contribution in [0.1, 0.15) is 30.1 Å². The second-order valence-electron chi connectivity index (χ2n) is 7.88. The molecular formula is C25H30N4O3. The fourth-order valence-electron chi connectivity index (χ4n) is 4.30. The number of benzene rings is 2. The van der Waals surface area contributed by atoms with Crippen LogP contribution in [-0.4, -0.2) is 60.5 Å². The molecule has 0 saturated carbocycles. The molecular weight excluding hydrogens is 404 g/mol. The van der Waals surface area contributed by atoms with Gasteiger partial charge in [0.2, 0.25) is 0 Å². The van der Waals surface area contributed by atoms with Crippen LogP contribution in [-0.2, 0) is 0 Å². The van der Waals surface area contributed by atoms with Crippen LogP contribution in [0.25, 0.3) is 16.9 Å². The minimum absolute atomic E-state index is 0.125. The van der Waals surface area contributed by atoms with E-state index in [0.29, 0.717) is 35.3 Å². The van der Waals surface area contributed by atoms with Crippen molar-refractivity contribution in [1.29, 1.82) is 0 Å². The van der Waals surface area contributed by atoms with Crippen LogP contribution in [0.2, 0.25) is 0 Å². The van der Waals surface area contributed by atoms with Gasteiger partial charge in [-0.1, -0.05) is 25.1 Å². The normalized spacial score (nSPS) is 16.2. The first-order valence-electron chi connectivity index (χ1n) is 11.0. The second-order valence-corrected chi connectivity index (χ2v) is 7.88. The summed E-state index contributed by atoms with van der Waals surface area (Å²) in [4.78, 5) is 15.7. The summed E-state index contributed by atoms with van der Waals surface area (Å²) < 4.78 is 12.6. The summed E-state index contributed by atoms with van der Waals surface area (Å²) >= 11 is 0. The summed E-state index contributed by atoms with van der Waals surface area (Å²) in [5.74, 6) is 1.10. The van der Waals surface area contributed by atoms with Crippen molar-refractivity contribution < 1.29 is 14.3 Å². The van der Waals surface area contributed by atoms with Gasteiger partial charge < -0.3 is 14.8 Å². The number of likely N-dealkylation sites (N-methyl/N-ethyl adjacent to an activating group) is 1. The maximum absolute atomic E-state index is 13.3. The Morgan fingerprint density at radius 2 is 1.91 bits per heavy atom. The first-order chi connectivity index (χ1) is 15.6. The van der Waals surface area contributed by atoms with Crippen molar-refractivity contribution in [3.63, 3.8) is 0 Å². The lowest BCUT2D eigenvalue weighted by Crippen LogP contribution is -2.40. The Labute approximate surface area is 188 Å². The Morgan fingerprint density at radius 1 is 1.12 bits per heavy atom. The molecule has 1 atom stereocenters. The molecule has 168 valence electrons. The number of nitrogens with zero attached hydrogens (tertiary/aromatic N) is 3. The standard InChI is InChI=1S/C25H30N4O3/c1-4-28-14-8-11-20(28)16-26-25(30)21-17-29(19-9-6-5-7-10-19)27-24(21)18-12-13-22(31-2)23(15-18)32-3/h5-7,9-10,12-13,15,17,20H,4,8,11,14,16H2,1-3H3,(H,26,30). The third kappa shape index (κ3) is 4.48. The number of nitrogens with one attached hydrogen (secondary N) is 1. The lowest BCUT2D eigenvalue weighted by Gasteiger charge is -2.22. The Balaban J connectivity index is 1.67. The van der Waals surface area contributed by atoms with Gasteiger partial charge in [-0.2, -0.15) is 5.10 Å². The zero-order chi connectivity index (χ0) is 22.5. The second kappa shape index (κ2) is 9.87. The first kappa shape index (κ1) is 21.9. The van der Waals surface area contributed by atoms with E-state index in [0.717, 1.165) is 30.8 Å². The molecule has 0 spiro atoms. The molecule has 32 heavy (non-hydrogen) atoms. The number of carbonyl (C=O) groups is 1. The van der Waals surface area contributed by atoms with Gasteiger partial charge in [0.05, 0.1) is 25.5 Å². The van der Waals surface area contributed by atoms with Crippen molar-refractivity contribution in [3.8, 4) is 28.4 Å². The highest BCUT2D eigenvalue weighted by Gasteiger charge is 2.25. The predicted octanol–water partition coefficient (Wildman–Crippen LogP) is 3.77. The van der Waals surface area contributed by atoms with E-state index in [4.69, 9.17) is 14.6 Å². The van der Waals surface area contributed by atoms with Crippen molar-refractivity contribution >= 4 is 5.91 Å². The third-order valence-electron chi connectivity index (χ3n) is 6.04. The van der Waals surface area contributed by atoms with E-state index in [1.165, 1.54) is 6.42 Å². The number of aromatic nitrogens is 2. The van der Waals surface area contributed by atoms with Crippen LogP contribution in [0.15, 0.2) is 54.7 Å². The van der Waals surface area contributed by atoms with Crippen molar-refractivity contribution in [1.82, 2.24) is 20.0 Å². The zero-order valence-corrected chi connectivity index (χ0v) is 18.9. The van der Waals surface area contributed by atoms with Crippen LogP contribution >= 0.6 is 0 Å². The Kier molecular flexibility index (Phi) is 6.75. The molecule has 3 aromatic rings. The van der Waals surface area contributed by atoms with Crippen LogP contribution in [0.5, 0.6) is 11.5 Å². The largest absolute Gasteiger partial charge is 0.493 e. The summed E-state index contributed by atoms with van der Waals surface area (Å²) in [6.07, 6.45) is 4.08. The molecule has 1 N–H and O–H groups in total. The molecule has 4 rings (SSSR count). The maximum atomic E-state index is 13.3. The highest BCUT2D eigenvalue weighted by atomic mass is 16.5. The fraction of sp³-hybridized carbons (Fsp3) is 0.360. The average molecular weight is 435 g/mol. The highest BCUT2D eigenvalue weighted by Crippen LogP contribution is 2.33. The number of rotatable bonds is 8. The average Bonchev–Trinajstić information content (AvgIpc) is 3.49. The minimum atomic E-state index is -0.125. The SMILES string of the molecule is CCN1CCCC1CNC(=O)c1cn(-c2ccccc2)nc1-c1ccc(OC)c(OC)c1. The number of para-hydroxylation sites is 1. The van der Waals surface area contributed by atoms with E-state index < -0.39 is 0 Å². The van der Waals surface area contributed by atoms with Gasteiger partial charge in [0, 0.05) is 24.3 Å². The van der Waals surface area contributed by atoms with Crippen LogP contribution in [0.4, 0.5) is 0 Å². The molecule has 1 aliphatic heterocycles. The van der Waals surface area contributed by atoms with Gasteiger partial charge in [-0.25, -0.2) is 4.68 Å². The Morgan fingerprint density at radius 3 is 2.62 bits per heavy atom. The van der Waals surface area contributed by atoms with E-state index in [1.807, 2.05) is 48.5 Å². The molecule has 1 aliphatic rings. The Bertz CT molecular complexity index is 1060. The van der Waals surface area contributed by atoms with Crippen LogP contribution in [0.3, 0.4) is 0 Å². The van der Waals surface area contributed by atoms with Gasteiger partial charge in [-0.3, -0.25) is 9.69 Å². The number of hydrogen-bond donors (Lipinski definition) is 1. The number of hydrogen-bond acceptors (Lipinski definition) is 5.